The lowest BCUT2D eigenvalue weighted by Gasteiger charge is -2.56. The van der Waals surface area contributed by atoms with Gasteiger partial charge >= 0.3 is 0 Å². The molecule has 1 spiro atoms. The first-order chi connectivity index (χ1) is 9.32. The summed E-state index contributed by atoms with van der Waals surface area (Å²) < 4.78 is 5.22. The van der Waals surface area contributed by atoms with Gasteiger partial charge in [-0.1, -0.05) is 6.07 Å². The van der Waals surface area contributed by atoms with Crippen molar-refractivity contribution in [2.75, 3.05) is 39.9 Å². The molecule has 0 saturated carbocycles. The molecular formula is C15H24N2OS. The van der Waals surface area contributed by atoms with Gasteiger partial charge in [-0.2, -0.15) is 0 Å². The first kappa shape index (κ1) is 13.6. The third-order valence-electron chi connectivity index (χ3n) is 4.83. The van der Waals surface area contributed by atoms with Gasteiger partial charge in [0.15, 0.2) is 0 Å². The van der Waals surface area contributed by atoms with Crippen molar-refractivity contribution in [2.45, 2.75) is 31.3 Å². The Balaban J connectivity index is 1.49. The summed E-state index contributed by atoms with van der Waals surface area (Å²) in [5, 5.41) is 2.18. The molecule has 0 aromatic carbocycles. The SMILES string of the molecule is COCCN1CCC12CCN(Cc1cccs1)CC2. The fourth-order valence-corrected chi connectivity index (χ4v) is 4.20. The highest BCUT2D eigenvalue weighted by atomic mass is 32.1. The molecule has 1 aromatic heterocycles. The van der Waals surface area contributed by atoms with E-state index < -0.39 is 0 Å². The van der Waals surface area contributed by atoms with Crippen LogP contribution in [0, 0.1) is 0 Å². The lowest BCUT2D eigenvalue weighted by molar-refractivity contribution is -0.0688. The molecule has 3 heterocycles. The second kappa shape index (κ2) is 5.92. The Labute approximate surface area is 120 Å². The summed E-state index contributed by atoms with van der Waals surface area (Å²) >= 11 is 1.88. The van der Waals surface area contributed by atoms with Gasteiger partial charge in [0.2, 0.25) is 0 Å². The van der Waals surface area contributed by atoms with Crippen molar-refractivity contribution in [3.05, 3.63) is 22.4 Å². The van der Waals surface area contributed by atoms with Gasteiger partial charge in [0.25, 0.3) is 0 Å². The maximum atomic E-state index is 5.22. The van der Waals surface area contributed by atoms with Crippen LogP contribution >= 0.6 is 11.3 Å². The van der Waals surface area contributed by atoms with Crippen LogP contribution in [-0.2, 0) is 11.3 Å². The minimum atomic E-state index is 0.518. The Hall–Kier alpha value is -0.420. The molecule has 0 aliphatic carbocycles. The lowest BCUT2D eigenvalue weighted by atomic mass is 9.76. The van der Waals surface area contributed by atoms with E-state index in [0.717, 1.165) is 19.7 Å². The fraction of sp³-hybridized carbons (Fsp3) is 0.733. The molecule has 19 heavy (non-hydrogen) atoms. The van der Waals surface area contributed by atoms with Crippen molar-refractivity contribution in [2.24, 2.45) is 0 Å². The van der Waals surface area contributed by atoms with E-state index in [4.69, 9.17) is 4.74 Å². The van der Waals surface area contributed by atoms with Gasteiger partial charge in [-0.15, -0.1) is 11.3 Å². The summed E-state index contributed by atoms with van der Waals surface area (Å²) in [6.07, 6.45) is 4.06. The highest BCUT2D eigenvalue weighted by Gasteiger charge is 2.45. The summed E-state index contributed by atoms with van der Waals surface area (Å²) in [5.41, 5.74) is 0.518. The van der Waals surface area contributed by atoms with Crippen LogP contribution in [0.5, 0.6) is 0 Å². The number of ether oxygens (including phenoxy) is 1. The normalized spacial score (nSPS) is 23.6. The van der Waals surface area contributed by atoms with Gasteiger partial charge in [0, 0.05) is 50.2 Å². The van der Waals surface area contributed by atoms with Crippen LogP contribution in [0.25, 0.3) is 0 Å². The van der Waals surface area contributed by atoms with Gasteiger partial charge in [-0.3, -0.25) is 9.80 Å². The summed E-state index contributed by atoms with van der Waals surface area (Å²) in [5.74, 6) is 0. The molecule has 0 radical (unpaired) electrons. The van der Waals surface area contributed by atoms with E-state index in [9.17, 15) is 0 Å². The van der Waals surface area contributed by atoms with Gasteiger partial charge in [0.05, 0.1) is 6.61 Å². The molecule has 2 fully saturated rings. The van der Waals surface area contributed by atoms with Crippen molar-refractivity contribution in [3.8, 4) is 0 Å². The average Bonchev–Trinajstić information content (AvgIpc) is 2.92. The molecular weight excluding hydrogens is 256 g/mol. The van der Waals surface area contributed by atoms with E-state index in [1.165, 1.54) is 43.8 Å². The third-order valence-corrected chi connectivity index (χ3v) is 5.69. The van der Waals surface area contributed by atoms with Gasteiger partial charge in [-0.25, -0.2) is 0 Å². The molecule has 0 unspecified atom stereocenters. The van der Waals surface area contributed by atoms with Crippen molar-refractivity contribution in [3.63, 3.8) is 0 Å². The summed E-state index contributed by atoms with van der Waals surface area (Å²) in [6, 6.07) is 4.41. The minimum absolute atomic E-state index is 0.518. The first-order valence-corrected chi connectivity index (χ1v) is 8.19. The Morgan fingerprint density at radius 3 is 2.63 bits per heavy atom. The van der Waals surface area contributed by atoms with Crippen molar-refractivity contribution >= 4 is 11.3 Å². The smallest absolute Gasteiger partial charge is 0.0589 e. The van der Waals surface area contributed by atoms with E-state index in [2.05, 4.69) is 27.3 Å². The maximum Gasteiger partial charge on any atom is 0.0589 e. The Kier molecular flexibility index (Phi) is 4.22. The molecule has 2 aliphatic rings. The Morgan fingerprint density at radius 1 is 1.26 bits per heavy atom. The number of hydrogen-bond acceptors (Lipinski definition) is 4. The molecule has 2 aliphatic heterocycles. The zero-order chi connectivity index (χ0) is 13.1. The first-order valence-electron chi connectivity index (χ1n) is 7.31. The van der Waals surface area contributed by atoms with Crippen LogP contribution in [-0.4, -0.2) is 55.2 Å². The van der Waals surface area contributed by atoms with Gasteiger partial charge < -0.3 is 4.74 Å². The number of rotatable bonds is 5. The van der Waals surface area contributed by atoms with Crippen molar-refractivity contribution < 1.29 is 4.74 Å². The van der Waals surface area contributed by atoms with Crippen LogP contribution in [0.2, 0.25) is 0 Å². The van der Waals surface area contributed by atoms with Crippen LogP contribution in [0.15, 0.2) is 17.5 Å². The molecule has 4 heteroatoms. The number of methoxy groups -OCH3 is 1. The van der Waals surface area contributed by atoms with E-state index in [1.807, 2.05) is 11.3 Å². The molecule has 2 saturated heterocycles. The molecule has 0 bridgehead atoms. The maximum absolute atomic E-state index is 5.22. The van der Waals surface area contributed by atoms with E-state index in [0.29, 0.717) is 5.54 Å². The zero-order valence-electron chi connectivity index (χ0n) is 11.8. The molecule has 0 amide bonds. The quantitative estimate of drug-likeness (QED) is 0.824. The van der Waals surface area contributed by atoms with Gasteiger partial charge in [-0.05, 0) is 30.7 Å². The number of nitrogens with zero attached hydrogens (tertiary/aromatic N) is 2. The molecule has 106 valence electrons. The largest absolute Gasteiger partial charge is 0.383 e. The van der Waals surface area contributed by atoms with Crippen LogP contribution in [0.3, 0.4) is 0 Å². The molecule has 3 nitrogen and oxygen atoms in total. The second-order valence-corrected chi connectivity index (χ2v) is 6.84. The fourth-order valence-electron chi connectivity index (χ4n) is 3.45. The third kappa shape index (κ3) is 2.87. The highest BCUT2D eigenvalue weighted by molar-refractivity contribution is 7.09. The Bertz CT molecular complexity index is 385. The number of piperidine rings is 1. The van der Waals surface area contributed by atoms with E-state index >= 15 is 0 Å². The van der Waals surface area contributed by atoms with E-state index in [1.54, 1.807) is 7.11 Å². The average molecular weight is 280 g/mol. The lowest BCUT2D eigenvalue weighted by Crippen LogP contribution is -2.64. The molecule has 0 atom stereocenters. The minimum Gasteiger partial charge on any atom is -0.383 e. The van der Waals surface area contributed by atoms with Gasteiger partial charge in [0.1, 0.15) is 0 Å². The van der Waals surface area contributed by atoms with Crippen LogP contribution in [0.4, 0.5) is 0 Å². The predicted molar refractivity (Wildman–Crippen MR) is 79.6 cm³/mol. The summed E-state index contributed by atoms with van der Waals surface area (Å²) in [7, 11) is 1.80. The monoisotopic (exact) mass is 280 g/mol. The predicted octanol–water partition coefficient (Wildman–Crippen LogP) is 2.43. The standard InChI is InChI=1S/C15H24N2OS/c1-18-11-10-17-9-6-15(17)4-7-16(8-5-15)13-14-3-2-12-19-14/h2-3,12H,4-11,13H2,1H3. The zero-order valence-corrected chi connectivity index (χ0v) is 12.6. The Morgan fingerprint density at radius 2 is 2.05 bits per heavy atom. The summed E-state index contributed by atoms with van der Waals surface area (Å²) in [4.78, 5) is 6.77. The molecule has 0 N–H and O–H groups in total. The van der Waals surface area contributed by atoms with Crippen LogP contribution in [0.1, 0.15) is 24.1 Å². The van der Waals surface area contributed by atoms with Crippen molar-refractivity contribution in [1.29, 1.82) is 0 Å². The topological polar surface area (TPSA) is 15.7 Å². The summed E-state index contributed by atoms with van der Waals surface area (Å²) in [6.45, 7) is 6.91. The van der Waals surface area contributed by atoms with Crippen molar-refractivity contribution in [1.82, 2.24) is 9.80 Å². The molecule has 3 rings (SSSR count). The number of thiophene rings is 1. The molecule has 1 aromatic rings. The second-order valence-electron chi connectivity index (χ2n) is 5.81. The van der Waals surface area contributed by atoms with E-state index in [-0.39, 0.29) is 0 Å². The highest BCUT2D eigenvalue weighted by Crippen LogP contribution is 2.39. The number of hydrogen-bond donors (Lipinski definition) is 0. The van der Waals surface area contributed by atoms with Crippen LogP contribution < -0.4 is 0 Å². The number of likely N-dealkylation sites (tertiary alicyclic amines) is 2.